The Hall–Kier alpha value is -3.46. The zero-order chi connectivity index (χ0) is 25.0. The van der Waals surface area contributed by atoms with Crippen molar-refractivity contribution in [1.29, 1.82) is 0 Å². The van der Waals surface area contributed by atoms with Crippen LogP contribution in [0.15, 0.2) is 85.2 Å². The molecule has 1 unspecified atom stereocenters. The van der Waals surface area contributed by atoms with E-state index >= 15 is 0 Å². The third kappa shape index (κ3) is 7.26. The zero-order valence-corrected chi connectivity index (χ0v) is 20.8. The number of aliphatic hydroxyl groups is 2. The van der Waals surface area contributed by atoms with Gasteiger partial charge in [-0.3, -0.25) is 14.3 Å². The fraction of sp³-hybridized carbons (Fsp3) is 0.333. The van der Waals surface area contributed by atoms with Crippen LogP contribution in [0.5, 0.6) is 0 Å². The van der Waals surface area contributed by atoms with Gasteiger partial charge in [-0.2, -0.15) is 10.2 Å². The SMILES string of the molecule is CN(CCO)C(c1ccccc1)c1ccnn1C.Cn1nccc1N(CCO)Cc1ccccc1. The van der Waals surface area contributed by atoms with Gasteiger partial charge in [0.15, 0.2) is 0 Å². The Kier molecular flexibility index (Phi) is 10.0. The molecule has 2 aromatic heterocycles. The largest absolute Gasteiger partial charge is 0.395 e. The minimum absolute atomic E-state index is 0.117. The van der Waals surface area contributed by atoms with Gasteiger partial charge in [0.25, 0.3) is 0 Å². The number of nitrogens with zero attached hydrogens (tertiary/aromatic N) is 6. The maximum Gasteiger partial charge on any atom is 0.126 e. The maximum atomic E-state index is 9.14. The Labute approximate surface area is 207 Å². The fourth-order valence-corrected chi connectivity index (χ4v) is 4.10. The highest BCUT2D eigenvalue weighted by Gasteiger charge is 2.21. The van der Waals surface area contributed by atoms with E-state index in [9.17, 15) is 0 Å². The molecule has 0 bridgehead atoms. The minimum atomic E-state index is 0.117. The summed E-state index contributed by atoms with van der Waals surface area (Å²) < 4.78 is 3.70. The first kappa shape index (κ1) is 26.2. The normalized spacial score (nSPS) is 11.7. The van der Waals surface area contributed by atoms with Gasteiger partial charge < -0.3 is 15.1 Å². The molecule has 0 radical (unpaired) electrons. The second kappa shape index (κ2) is 13.4. The average molecular weight is 477 g/mol. The number of rotatable bonds is 10. The molecule has 8 heteroatoms. The van der Waals surface area contributed by atoms with Crippen LogP contribution in [0.25, 0.3) is 0 Å². The van der Waals surface area contributed by atoms with Crippen molar-refractivity contribution in [3.05, 3.63) is 102 Å². The van der Waals surface area contributed by atoms with Gasteiger partial charge in [-0.1, -0.05) is 60.7 Å². The lowest BCUT2D eigenvalue weighted by molar-refractivity contribution is 0.193. The molecule has 2 aromatic carbocycles. The molecule has 0 amide bonds. The second-order valence-corrected chi connectivity index (χ2v) is 8.34. The molecule has 0 spiro atoms. The third-order valence-electron chi connectivity index (χ3n) is 5.85. The van der Waals surface area contributed by atoms with Crippen molar-refractivity contribution < 1.29 is 10.2 Å². The summed E-state index contributed by atoms with van der Waals surface area (Å²) in [4.78, 5) is 4.24. The van der Waals surface area contributed by atoms with Crippen LogP contribution < -0.4 is 4.90 Å². The van der Waals surface area contributed by atoms with Crippen LogP contribution in [0.2, 0.25) is 0 Å². The minimum Gasteiger partial charge on any atom is -0.395 e. The smallest absolute Gasteiger partial charge is 0.126 e. The number of anilines is 1. The number of aryl methyl sites for hydroxylation is 2. The number of hydrogen-bond acceptors (Lipinski definition) is 6. The van der Waals surface area contributed by atoms with Crippen molar-refractivity contribution in [3.8, 4) is 0 Å². The van der Waals surface area contributed by atoms with Crippen LogP contribution in [0.4, 0.5) is 5.82 Å². The lowest BCUT2D eigenvalue weighted by Gasteiger charge is -2.28. The molecule has 4 rings (SSSR count). The number of aromatic nitrogens is 4. The van der Waals surface area contributed by atoms with Crippen molar-refractivity contribution in [3.63, 3.8) is 0 Å². The van der Waals surface area contributed by atoms with Crippen molar-refractivity contribution >= 4 is 5.82 Å². The van der Waals surface area contributed by atoms with Gasteiger partial charge in [0.1, 0.15) is 5.82 Å². The summed E-state index contributed by atoms with van der Waals surface area (Å²) in [6.45, 7) is 2.30. The highest BCUT2D eigenvalue weighted by atomic mass is 16.3. The second-order valence-electron chi connectivity index (χ2n) is 8.34. The Morgan fingerprint density at radius 2 is 1.37 bits per heavy atom. The van der Waals surface area contributed by atoms with E-state index in [1.165, 1.54) is 11.1 Å². The fourth-order valence-electron chi connectivity index (χ4n) is 4.10. The van der Waals surface area contributed by atoms with Crippen LogP contribution >= 0.6 is 0 Å². The van der Waals surface area contributed by atoms with Gasteiger partial charge in [-0.15, -0.1) is 0 Å². The van der Waals surface area contributed by atoms with Gasteiger partial charge in [-0.25, -0.2) is 0 Å². The summed E-state index contributed by atoms with van der Waals surface area (Å²) in [6.07, 6.45) is 3.57. The number of likely N-dealkylation sites (N-methyl/N-ethyl adjacent to an activating group) is 1. The molecule has 35 heavy (non-hydrogen) atoms. The quantitative estimate of drug-likeness (QED) is 0.366. The van der Waals surface area contributed by atoms with E-state index in [0.29, 0.717) is 13.1 Å². The highest BCUT2D eigenvalue weighted by molar-refractivity contribution is 5.39. The number of benzene rings is 2. The predicted octanol–water partition coefficient (Wildman–Crippen LogP) is 2.85. The van der Waals surface area contributed by atoms with Crippen molar-refractivity contribution in [1.82, 2.24) is 24.5 Å². The molecule has 0 aliphatic rings. The van der Waals surface area contributed by atoms with Crippen molar-refractivity contribution in [2.24, 2.45) is 14.1 Å². The summed E-state index contributed by atoms with van der Waals surface area (Å²) in [7, 11) is 5.86. The third-order valence-corrected chi connectivity index (χ3v) is 5.85. The van der Waals surface area contributed by atoms with Crippen LogP contribution in [-0.2, 0) is 20.6 Å². The van der Waals surface area contributed by atoms with E-state index in [-0.39, 0.29) is 19.3 Å². The first-order chi connectivity index (χ1) is 17.0. The van der Waals surface area contributed by atoms with Crippen LogP contribution in [0.3, 0.4) is 0 Å². The van der Waals surface area contributed by atoms with E-state index < -0.39 is 0 Å². The summed E-state index contributed by atoms with van der Waals surface area (Å²) in [6, 6.07) is 24.6. The standard InChI is InChI=1S/C14H19N3O.C13H17N3O/c1-16(10-11-18)14(12-6-4-3-5-7-12)13-8-9-15-17(13)2;1-15-13(7-8-14-15)16(9-10-17)11-12-5-3-2-4-6-12/h3-9,14,18H,10-11H2,1-2H3;2-8,17H,9-11H2,1H3. The van der Waals surface area contributed by atoms with Gasteiger partial charge in [0.2, 0.25) is 0 Å². The molecule has 0 fully saturated rings. The topological polar surface area (TPSA) is 82.6 Å². The van der Waals surface area contributed by atoms with E-state index in [1.54, 1.807) is 12.4 Å². The first-order valence-corrected chi connectivity index (χ1v) is 11.8. The molecule has 2 heterocycles. The van der Waals surface area contributed by atoms with E-state index in [4.69, 9.17) is 10.2 Å². The van der Waals surface area contributed by atoms with E-state index in [1.807, 2.05) is 79.0 Å². The Bertz CT molecular complexity index is 1110. The molecule has 0 saturated carbocycles. The Morgan fingerprint density at radius 3 is 1.91 bits per heavy atom. The van der Waals surface area contributed by atoms with Gasteiger partial charge in [0, 0.05) is 46.0 Å². The summed E-state index contributed by atoms with van der Waals surface area (Å²) in [5.74, 6) is 1.02. The molecular formula is C27H36N6O2. The molecule has 2 N–H and O–H groups in total. The number of hydrogen-bond donors (Lipinski definition) is 2. The Morgan fingerprint density at radius 1 is 0.771 bits per heavy atom. The molecular weight excluding hydrogens is 440 g/mol. The van der Waals surface area contributed by atoms with Crippen molar-refractivity contribution in [2.45, 2.75) is 12.6 Å². The first-order valence-electron chi connectivity index (χ1n) is 11.8. The average Bonchev–Trinajstić information content (AvgIpc) is 3.49. The number of aliphatic hydroxyl groups excluding tert-OH is 2. The van der Waals surface area contributed by atoms with Crippen LogP contribution in [0.1, 0.15) is 22.9 Å². The summed E-state index contributed by atoms with van der Waals surface area (Å²) in [5, 5.41) is 26.7. The molecule has 4 aromatic rings. The molecule has 0 aliphatic carbocycles. The summed E-state index contributed by atoms with van der Waals surface area (Å²) >= 11 is 0. The zero-order valence-electron chi connectivity index (χ0n) is 20.8. The van der Waals surface area contributed by atoms with Crippen LogP contribution in [0, 0.1) is 0 Å². The highest BCUT2D eigenvalue weighted by Crippen LogP contribution is 2.26. The maximum absolute atomic E-state index is 9.14. The lowest BCUT2D eigenvalue weighted by atomic mass is 10.0. The molecule has 1 atom stereocenters. The molecule has 0 aliphatic heterocycles. The molecule has 0 saturated heterocycles. The van der Waals surface area contributed by atoms with Crippen LogP contribution in [-0.4, -0.2) is 68.0 Å². The van der Waals surface area contributed by atoms with Gasteiger partial charge >= 0.3 is 0 Å². The van der Waals surface area contributed by atoms with Gasteiger partial charge in [-0.05, 0) is 24.2 Å². The molecule has 8 nitrogen and oxygen atoms in total. The molecule has 186 valence electrons. The summed E-state index contributed by atoms with van der Waals surface area (Å²) in [5.41, 5.74) is 3.55. The predicted molar refractivity (Wildman–Crippen MR) is 139 cm³/mol. The lowest BCUT2D eigenvalue weighted by Crippen LogP contribution is -2.29. The van der Waals surface area contributed by atoms with Gasteiger partial charge in [0.05, 0.1) is 31.1 Å². The Balaban J connectivity index is 0.000000196. The van der Waals surface area contributed by atoms with E-state index in [2.05, 4.69) is 44.3 Å². The monoisotopic (exact) mass is 476 g/mol. The van der Waals surface area contributed by atoms with E-state index in [0.717, 1.165) is 18.1 Å². The van der Waals surface area contributed by atoms with Crippen molar-refractivity contribution in [2.75, 3.05) is 38.3 Å².